The Kier molecular flexibility index (Phi) is 7.82. The summed E-state index contributed by atoms with van der Waals surface area (Å²) in [4.78, 5) is 29.8. The molecule has 0 aliphatic carbocycles. The Morgan fingerprint density at radius 1 is 1.00 bits per heavy atom. The van der Waals surface area contributed by atoms with Crippen molar-refractivity contribution in [1.82, 2.24) is 9.80 Å². The van der Waals surface area contributed by atoms with Crippen molar-refractivity contribution in [2.24, 2.45) is 11.7 Å². The zero-order chi connectivity index (χ0) is 20.5. The molecule has 0 spiro atoms. The van der Waals surface area contributed by atoms with Crippen LogP contribution >= 0.6 is 0 Å². The van der Waals surface area contributed by atoms with Gasteiger partial charge in [0.25, 0.3) is 0 Å². The summed E-state index contributed by atoms with van der Waals surface area (Å²) >= 11 is 0. The van der Waals surface area contributed by atoms with Crippen LogP contribution in [-0.2, 0) is 22.6 Å². The van der Waals surface area contributed by atoms with Gasteiger partial charge in [-0.05, 0) is 36.9 Å². The number of nitrogens with two attached hydrogens (primary N) is 1. The minimum Gasteiger partial charge on any atom is -0.342 e. The fraction of sp³-hybridized carbons (Fsp3) is 0.417. The summed E-state index contributed by atoms with van der Waals surface area (Å²) in [6.07, 6.45) is 2.87. The number of piperidine rings is 1. The topological polar surface area (TPSA) is 66.6 Å². The van der Waals surface area contributed by atoms with E-state index in [2.05, 4.69) is 0 Å². The van der Waals surface area contributed by atoms with Crippen molar-refractivity contribution in [3.8, 4) is 0 Å². The Bertz CT molecular complexity index is 779. The van der Waals surface area contributed by atoms with Crippen LogP contribution in [0.5, 0.6) is 0 Å². The van der Waals surface area contributed by atoms with E-state index >= 15 is 0 Å². The molecule has 0 saturated carbocycles. The van der Waals surface area contributed by atoms with Crippen LogP contribution in [-0.4, -0.2) is 47.8 Å². The average molecular weight is 394 g/mol. The van der Waals surface area contributed by atoms with E-state index < -0.39 is 0 Å². The predicted octanol–water partition coefficient (Wildman–Crippen LogP) is 2.85. The molecule has 154 valence electrons. The van der Waals surface area contributed by atoms with Crippen molar-refractivity contribution in [2.45, 2.75) is 32.2 Å². The van der Waals surface area contributed by atoms with Gasteiger partial charge in [0, 0.05) is 26.2 Å². The van der Waals surface area contributed by atoms with E-state index in [0.717, 1.165) is 36.9 Å². The highest BCUT2D eigenvalue weighted by molar-refractivity contribution is 5.82. The molecule has 5 nitrogen and oxygen atoms in total. The second-order valence-corrected chi connectivity index (χ2v) is 7.73. The molecule has 1 saturated heterocycles. The van der Waals surface area contributed by atoms with Gasteiger partial charge in [0.2, 0.25) is 11.8 Å². The lowest BCUT2D eigenvalue weighted by atomic mass is 9.95. The highest BCUT2D eigenvalue weighted by Crippen LogP contribution is 2.21. The third-order valence-corrected chi connectivity index (χ3v) is 5.48. The number of nitrogens with zero attached hydrogens (tertiary/aromatic N) is 2. The SMILES string of the molecule is NCCCN(Cc1ccccc1)C(=O)C1CCCN(C(=O)Cc2ccccc2)C1. The van der Waals surface area contributed by atoms with Gasteiger partial charge in [0.15, 0.2) is 0 Å². The van der Waals surface area contributed by atoms with Crippen molar-refractivity contribution in [1.29, 1.82) is 0 Å². The molecule has 1 atom stereocenters. The average Bonchev–Trinajstić information content (AvgIpc) is 2.77. The molecule has 0 bridgehead atoms. The second-order valence-electron chi connectivity index (χ2n) is 7.73. The van der Waals surface area contributed by atoms with Crippen LogP contribution < -0.4 is 5.73 Å². The van der Waals surface area contributed by atoms with Gasteiger partial charge in [-0.15, -0.1) is 0 Å². The molecule has 1 fully saturated rings. The Morgan fingerprint density at radius 3 is 2.31 bits per heavy atom. The van der Waals surface area contributed by atoms with Crippen LogP contribution in [0.3, 0.4) is 0 Å². The summed E-state index contributed by atoms with van der Waals surface area (Å²) in [6, 6.07) is 19.8. The van der Waals surface area contributed by atoms with E-state index in [9.17, 15) is 9.59 Å². The monoisotopic (exact) mass is 393 g/mol. The first kappa shape index (κ1) is 21.1. The van der Waals surface area contributed by atoms with Gasteiger partial charge >= 0.3 is 0 Å². The molecule has 1 heterocycles. The second kappa shape index (κ2) is 10.8. The number of carbonyl (C=O) groups is 2. The van der Waals surface area contributed by atoms with Gasteiger partial charge in [-0.3, -0.25) is 9.59 Å². The summed E-state index contributed by atoms with van der Waals surface area (Å²) in [5.41, 5.74) is 7.82. The van der Waals surface area contributed by atoms with Gasteiger partial charge in [-0.2, -0.15) is 0 Å². The smallest absolute Gasteiger partial charge is 0.227 e. The van der Waals surface area contributed by atoms with E-state index in [4.69, 9.17) is 5.73 Å². The van der Waals surface area contributed by atoms with Crippen LogP contribution in [0.4, 0.5) is 0 Å². The normalized spacial score (nSPS) is 16.4. The van der Waals surface area contributed by atoms with Gasteiger partial charge < -0.3 is 15.5 Å². The first-order chi connectivity index (χ1) is 14.2. The molecule has 1 aliphatic heterocycles. The van der Waals surface area contributed by atoms with Gasteiger partial charge in [0.05, 0.1) is 12.3 Å². The van der Waals surface area contributed by atoms with Gasteiger partial charge in [-0.1, -0.05) is 60.7 Å². The Morgan fingerprint density at radius 2 is 1.66 bits per heavy atom. The fourth-order valence-electron chi connectivity index (χ4n) is 3.90. The van der Waals surface area contributed by atoms with Crippen LogP contribution in [0.1, 0.15) is 30.4 Å². The Hall–Kier alpha value is -2.66. The zero-order valence-corrected chi connectivity index (χ0v) is 17.0. The minimum atomic E-state index is -0.134. The lowest BCUT2D eigenvalue weighted by molar-refractivity contribution is -0.141. The van der Waals surface area contributed by atoms with Crippen molar-refractivity contribution < 1.29 is 9.59 Å². The van der Waals surface area contributed by atoms with E-state index in [1.807, 2.05) is 70.5 Å². The van der Waals surface area contributed by atoms with E-state index in [-0.39, 0.29) is 17.7 Å². The fourth-order valence-corrected chi connectivity index (χ4v) is 3.90. The molecule has 2 aromatic rings. The standard InChI is InChI=1S/C24H31N3O2/c25-14-8-16-27(18-21-11-5-2-6-12-21)24(29)22-13-7-15-26(19-22)23(28)17-20-9-3-1-4-10-20/h1-6,9-12,22H,7-8,13-19,25H2. The van der Waals surface area contributed by atoms with Crippen LogP contribution in [0.2, 0.25) is 0 Å². The van der Waals surface area contributed by atoms with E-state index in [0.29, 0.717) is 32.6 Å². The van der Waals surface area contributed by atoms with Gasteiger partial charge in [0.1, 0.15) is 0 Å². The Labute approximate surface area is 173 Å². The lowest BCUT2D eigenvalue weighted by Crippen LogP contribution is -2.47. The van der Waals surface area contributed by atoms with Crippen LogP contribution in [0.15, 0.2) is 60.7 Å². The highest BCUT2D eigenvalue weighted by Gasteiger charge is 2.31. The first-order valence-electron chi connectivity index (χ1n) is 10.5. The summed E-state index contributed by atoms with van der Waals surface area (Å²) in [7, 11) is 0. The molecular weight excluding hydrogens is 362 g/mol. The third-order valence-electron chi connectivity index (χ3n) is 5.48. The molecule has 29 heavy (non-hydrogen) atoms. The molecule has 0 radical (unpaired) electrons. The third kappa shape index (κ3) is 6.16. The molecule has 1 unspecified atom stereocenters. The molecule has 1 aliphatic rings. The number of rotatable bonds is 8. The number of likely N-dealkylation sites (tertiary alicyclic amines) is 1. The van der Waals surface area contributed by atoms with Crippen LogP contribution in [0, 0.1) is 5.92 Å². The first-order valence-corrected chi connectivity index (χ1v) is 10.5. The quantitative estimate of drug-likeness (QED) is 0.750. The van der Waals surface area contributed by atoms with Crippen molar-refractivity contribution >= 4 is 11.8 Å². The zero-order valence-electron chi connectivity index (χ0n) is 17.0. The highest BCUT2D eigenvalue weighted by atomic mass is 16.2. The van der Waals surface area contributed by atoms with Crippen molar-refractivity contribution in [3.63, 3.8) is 0 Å². The number of hydrogen-bond acceptors (Lipinski definition) is 3. The van der Waals surface area contributed by atoms with E-state index in [1.54, 1.807) is 0 Å². The van der Waals surface area contributed by atoms with Gasteiger partial charge in [-0.25, -0.2) is 0 Å². The summed E-state index contributed by atoms with van der Waals surface area (Å²) in [5, 5.41) is 0. The minimum absolute atomic E-state index is 0.102. The number of hydrogen-bond donors (Lipinski definition) is 1. The summed E-state index contributed by atoms with van der Waals surface area (Å²) in [6.45, 7) is 3.05. The Balaban J connectivity index is 1.63. The molecule has 2 amide bonds. The molecular formula is C24H31N3O2. The number of amides is 2. The maximum absolute atomic E-state index is 13.3. The predicted molar refractivity (Wildman–Crippen MR) is 115 cm³/mol. The summed E-state index contributed by atoms with van der Waals surface area (Å²) in [5.74, 6) is 0.106. The maximum atomic E-state index is 13.3. The molecule has 3 rings (SSSR count). The molecule has 2 N–H and O–H groups in total. The maximum Gasteiger partial charge on any atom is 0.227 e. The molecule has 0 aromatic heterocycles. The van der Waals surface area contributed by atoms with Crippen molar-refractivity contribution in [3.05, 3.63) is 71.8 Å². The number of carbonyl (C=O) groups excluding carboxylic acids is 2. The lowest BCUT2D eigenvalue weighted by Gasteiger charge is -2.35. The van der Waals surface area contributed by atoms with Crippen LogP contribution in [0.25, 0.3) is 0 Å². The van der Waals surface area contributed by atoms with Crippen molar-refractivity contribution in [2.75, 3.05) is 26.2 Å². The van der Waals surface area contributed by atoms with E-state index in [1.165, 1.54) is 0 Å². The largest absolute Gasteiger partial charge is 0.342 e. The number of benzene rings is 2. The molecule has 2 aromatic carbocycles. The summed E-state index contributed by atoms with van der Waals surface area (Å²) < 4.78 is 0. The molecule has 5 heteroatoms.